The number of hydrogen-bond donors (Lipinski definition) is 7. The predicted octanol–water partition coefficient (Wildman–Crippen LogP) is 7.38. The quantitative estimate of drug-likeness (QED) is 0.0180. The van der Waals surface area contributed by atoms with Crippen LogP contribution in [-0.4, -0.2) is 142 Å². The standard InChI is InChI=1S/C51H94O15/c1-3-5-7-9-11-13-15-17-19-20-22-24-26-28-30-32-34-43(54)64-39(36-61-42(53)33-31-29-27-25-23-21-18-16-14-12-10-8-6-4-2)37-62-50-49(60)47(58)45(56)41(66-50)38-63-51-48(59)46(57)44(55)40(35-52)65-51/h16,18,39-41,44-52,55-60H,3-15,17,19-38H2,1-2H3/b18-16+/t39-,40-,41-,44+,45+,46?,47?,48?,49?,50-,51-/m1/s1. The van der Waals surface area contributed by atoms with Crippen molar-refractivity contribution >= 4 is 11.9 Å². The van der Waals surface area contributed by atoms with Crippen LogP contribution in [0.2, 0.25) is 0 Å². The molecule has 2 heterocycles. The Balaban J connectivity index is 1.80. The van der Waals surface area contributed by atoms with Gasteiger partial charge in [-0.05, 0) is 38.5 Å². The van der Waals surface area contributed by atoms with E-state index in [1.54, 1.807) is 0 Å². The monoisotopic (exact) mass is 947 g/mol. The number of aliphatic hydroxyl groups excluding tert-OH is 7. The number of ether oxygens (including phenoxy) is 6. The van der Waals surface area contributed by atoms with E-state index < -0.39 is 92.7 Å². The third-order valence-corrected chi connectivity index (χ3v) is 12.7. The number of hydrogen-bond acceptors (Lipinski definition) is 15. The van der Waals surface area contributed by atoms with Crippen molar-refractivity contribution < 1.29 is 73.8 Å². The minimum atomic E-state index is -1.76. The highest BCUT2D eigenvalue weighted by Crippen LogP contribution is 2.26. The van der Waals surface area contributed by atoms with Crippen LogP contribution in [0.3, 0.4) is 0 Å². The van der Waals surface area contributed by atoms with Gasteiger partial charge >= 0.3 is 11.9 Å². The average molecular weight is 947 g/mol. The van der Waals surface area contributed by atoms with Crippen LogP contribution in [0.5, 0.6) is 0 Å². The first-order valence-electron chi connectivity index (χ1n) is 26.3. The molecule has 2 aliphatic heterocycles. The first kappa shape index (κ1) is 60.4. The lowest BCUT2D eigenvalue weighted by Gasteiger charge is -2.42. The summed E-state index contributed by atoms with van der Waals surface area (Å²) in [5, 5.41) is 72.1. The number of carbonyl (C=O) groups excluding carboxylic acids is 2. The van der Waals surface area contributed by atoms with Crippen molar-refractivity contribution in [2.45, 2.75) is 274 Å². The van der Waals surface area contributed by atoms with Crippen molar-refractivity contribution in [1.82, 2.24) is 0 Å². The summed E-state index contributed by atoms with van der Waals surface area (Å²) >= 11 is 0. The van der Waals surface area contributed by atoms with Gasteiger partial charge in [-0.1, -0.05) is 167 Å². The second-order valence-electron chi connectivity index (χ2n) is 18.7. The number of rotatable bonds is 41. The fourth-order valence-corrected chi connectivity index (χ4v) is 8.39. The van der Waals surface area contributed by atoms with Crippen LogP contribution in [0.4, 0.5) is 0 Å². The van der Waals surface area contributed by atoms with E-state index in [0.717, 1.165) is 57.8 Å². The van der Waals surface area contributed by atoms with Crippen molar-refractivity contribution in [2.24, 2.45) is 0 Å². The van der Waals surface area contributed by atoms with Crippen molar-refractivity contribution in [3.8, 4) is 0 Å². The summed E-state index contributed by atoms with van der Waals surface area (Å²) in [6.07, 6.45) is 20.9. The minimum Gasteiger partial charge on any atom is -0.462 e. The van der Waals surface area contributed by atoms with E-state index >= 15 is 0 Å². The zero-order chi connectivity index (χ0) is 48.2. The van der Waals surface area contributed by atoms with Crippen molar-refractivity contribution in [3.05, 3.63) is 12.2 Å². The van der Waals surface area contributed by atoms with Crippen molar-refractivity contribution in [2.75, 3.05) is 26.4 Å². The molecule has 388 valence electrons. The molecule has 15 heteroatoms. The van der Waals surface area contributed by atoms with Gasteiger partial charge in [0.05, 0.1) is 19.8 Å². The maximum absolute atomic E-state index is 13.0. The summed E-state index contributed by atoms with van der Waals surface area (Å²) in [4.78, 5) is 25.8. The van der Waals surface area contributed by atoms with Gasteiger partial charge < -0.3 is 64.2 Å². The zero-order valence-corrected chi connectivity index (χ0v) is 40.9. The van der Waals surface area contributed by atoms with E-state index in [1.807, 2.05) is 0 Å². The Morgan fingerprint density at radius 3 is 1.33 bits per heavy atom. The Bertz CT molecular complexity index is 1210. The van der Waals surface area contributed by atoms with Gasteiger partial charge in [0.15, 0.2) is 18.7 Å². The molecule has 11 atom stereocenters. The predicted molar refractivity (Wildman–Crippen MR) is 252 cm³/mol. The maximum atomic E-state index is 13.0. The van der Waals surface area contributed by atoms with E-state index in [0.29, 0.717) is 12.8 Å². The van der Waals surface area contributed by atoms with Crippen LogP contribution in [0.1, 0.15) is 206 Å². The first-order valence-corrected chi connectivity index (χ1v) is 26.3. The first-order chi connectivity index (χ1) is 32.0. The SMILES string of the molecule is CCCCCCC/C=C/CCCCCCCC(=O)OC[C@H](CO[C@@H]1O[C@H](CO[C@@H]2O[C@H](CO)[C@H](O)C(O)C2O)[C@H](O)C(O)C1O)OC(=O)CCCCCCCCCCCCCCCCCC. The Morgan fingerprint density at radius 2 is 0.864 bits per heavy atom. The molecule has 0 aromatic rings. The molecule has 0 amide bonds. The number of allylic oxidation sites excluding steroid dienone is 2. The highest BCUT2D eigenvalue weighted by atomic mass is 16.7. The van der Waals surface area contributed by atoms with Gasteiger partial charge in [0, 0.05) is 12.8 Å². The topological polar surface area (TPSA) is 231 Å². The summed E-state index contributed by atoms with van der Waals surface area (Å²) in [6, 6.07) is 0. The van der Waals surface area contributed by atoms with E-state index in [-0.39, 0.29) is 26.1 Å². The molecule has 0 spiro atoms. The lowest BCUT2D eigenvalue weighted by Crippen LogP contribution is -2.61. The van der Waals surface area contributed by atoms with E-state index in [9.17, 15) is 45.3 Å². The number of carbonyl (C=O) groups is 2. The second kappa shape index (κ2) is 39.0. The van der Waals surface area contributed by atoms with Crippen molar-refractivity contribution in [1.29, 1.82) is 0 Å². The molecule has 2 saturated heterocycles. The molecule has 15 nitrogen and oxygen atoms in total. The van der Waals surface area contributed by atoms with Gasteiger partial charge in [-0.25, -0.2) is 0 Å². The fourth-order valence-electron chi connectivity index (χ4n) is 8.39. The summed E-state index contributed by atoms with van der Waals surface area (Å²) in [6.45, 7) is 2.60. The van der Waals surface area contributed by atoms with Gasteiger partial charge in [0.25, 0.3) is 0 Å². The lowest BCUT2D eigenvalue weighted by atomic mass is 9.98. The molecule has 0 saturated carbocycles. The number of aliphatic hydroxyl groups is 7. The molecule has 66 heavy (non-hydrogen) atoms. The summed E-state index contributed by atoms with van der Waals surface area (Å²) in [5.41, 5.74) is 0. The largest absolute Gasteiger partial charge is 0.462 e. The Kier molecular flexibility index (Phi) is 35.7. The van der Waals surface area contributed by atoms with Crippen LogP contribution in [0.25, 0.3) is 0 Å². The molecule has 0 aromatic carbocycles. The smallest absolute Gasteiger partial charge is 0.306 e. The van der Waals surface area contributed by atoms with E-state index in [1.165, 1.54) is 109 Å². The average Bonchev–Trinajstić information content (AvgIpc) is 3.31. The highest BCUT2D eigenvalue weighted by Gasteiger charge is 2.47. The molecule has 0 radical (unpaired) electrons. The molecule has 0 aromatic heterocycles. The van der Waals surface area contributed by atoms with Crippen LogP contribution < -0.4 is 0 Å². The highest BCUT2D eigenvalue weighted by molar-refractivity contribution is 5.70. The molecule has 2 fully saturated rings. The van der Waals surface area contributed by atoms with Crippen LogP contribution in [0.15, 0.2) is 12.2 Å². The molecule has 2 rings (SSSR count). The Labute approximate surface area is 397 Å². The van der Waals surface area contributed by atoms with Gasteiger partial charge in [0.1, 0.15) is 55.4 Å². The molecule has 7 N–H and O–H groups in total. The van der Waals surface area contributed by atoms with Gasteiger partial charge in [-0.15, -0.1) is 0 Å². The molecular formula is C51H94O15. The second-order valence-corrected chi connectivity index (χ2v) is 18.7. The summed E-state index contributed by atoms with van der Waals surface area (Å²) in [7, 11) is 0. The summed E-state index contributed by atoms with van der Waals surface area (Å²) in [5.74, 6) is -0.924. The van der Waals surface area contributed by atoms with Crippen LogP contribution in [-0.2, 0) is 38.0 Å². The minimum absolute atomic E-state index is 0.169. The Morgan fingerprint density at radius 1 is 0.470 bits per heavy atom. The fraction of sp³-hybridized carbons (Fsp3) is 0.922. The number of esters is 2. The van der Waals surface area contributed by atoms with Crippen molar-refractivity contribution in [3.63, 3.8) is 0 Å². The van der Waals surface area contributed by atoms with E-state index in [2.05, 4.69) is 26.0 Å². The molecule has 0 bridgehead atoms. The van der Waals surface area contributed by atoms with Gasteiger partial charge in [-0.3, -0.25) is 9.59 Å². The molecular weight excluding hydrogens is 853 g/mol. The molecule has 2 aliphatic rings. The molecule has 4 unspecified atom stereocenters. The lowest BCUT2D eigenvalue weighted by molar-refractivity contribution is -0.332. The van der Waals surface area contributed by atoms with E-state index in [4.69, 9.17) is 28.4 Å². The normalized spacial score (nSPS) is 26.2. The van der Waals surface area contributed by atoms with Gasteiger partial charge in [-0.2, -0.15) is 0 Å². The third kappa shape index (κ3) is 26.8. The van der Waals surface area contributed by atoms with Gasteiger partial charge in [0.2, 0.25) is 0 Å². The van der Waals surface area contributed by atoms with Crippen LogP contribution >= 0.6 is 0 Å². The maximum Gasteiger partial charge on any atom is 0.306 e. The number of unbranched alkanes of at least 4 members (excludes halogenated alkanes) is 25. The van der Waals surface area contributed by atoms with Crippen LogP contribution in [0, 0.1) is 0 Å². The summed E-state index contributed by atoms with van der Waals surface area (Å²) < 4.78 is 33.6. The third-order valence-electron chi connectivity index (χ3n) is 12.7. The Hall–Kier alpha value is -1.76. The molecule has 0 aliphatic carbocycles. The zero-order valence-electron chi connectivity index (χ0n) is 40.9.